The van der Waals surface area contributed by atoms with E-state index in [1.807, 2.05) is 51.4 Å². The summed E-state index contributed by atoms with van der Waals surface area (Å²) in [4.78, 5) is 17.0. The first kappa shape index (κ1) is 22.4. The zero-order chi connectivity index (χ0) is 23.0. The molecule has 172 valence electrons. The molecule has 0 amide bonds. The summed E-state index contributed by atoms with van der Waals surface area (Å²) in [6.45, 7) is 5.03. The topological polar surface area (TPSA) is 118 Å². The Morgan fingerprint density at radius 1 is 0.970 bits per heavy atom. The molecule has 4 rings (SSSR count). The molecule has 0 aliphatic carbocycles. The predicted octanol–water partition coefficient (Wildman–Crippen LogP) is 3.47. The lowest BCUT2D eigenvalue weighted by Gasteiger charge is -2.16. The van der Waals surface area contributed by atoms with E-state index in [0.29, 0.717) is 36.3 Å². The number of aromatic nitrogens is 6. The summed E-state index contributed by atoms with van der Waals surface area (Å²) < 4.78 is 24.1. The highest BCUT2D eigenvalue weighted by Crippen LogP contribution is 2.28. The maximum Gasteiger partial charge on any atom is 0.316 e. The van der Waals surface area contributed by atoms with Gasteiger partial charge in [-0.2, -0.15) is 15.1 Å². The summed E-state index contributed by atoms with van der Waals surface area (Å²) in [5, 5.41) is 8.33. The second-order valence-electron chi connectivity index (χ2n) is 6.86. The first-order chi connectivity index (χ1) is 16.1. The Bertz CT molecular complexity index is 1180. The highest BCUT2D eigenvalue weighted by molar-refractivity contribution is 5.91. The van der Waals surface area contributed by atoms with Gasteiger partial charge in [0.1, 0.15) is 24.5 Å². The van der Waals surface area contributed by atoms with Crippen LogP contribution < -0.4 is 14.8 Å². The van der Waals surface area contributed by atoms with Crippen molar-refractivity contribution in [3.63, 3.8) is 0 Å². The van der Waals surface area contributed by atoms with E-state index in [2.05, 4.69) is 30.4 Å². The van der Waals surface area contributed by atoms with Crippen LogP contribution in [-0.4, -0.2) is 55.8 Å². The molecule has 11 heteroatoms. The van der Waals surface area contributed by atoms with Crippen molar-refractivity contribution in [2.75, 3.05) is 25.1 Å². The Morgan fingerprint density at radius 3 is 2.45 bits per heavy atom. The molecule has 1 N–H and O–H groups in total. The molecular weight excluding hydrogens is 426 g/mol. The molecular formula is C22H25N7O4. The number of rotatable bonds is 11. The molecule has 1 aromatic carbocycles. The van der Waals surface area contributed by atoms with Crippen molar-refractivity contribution in [1.82, 2.24) is 29.7 Å². The monoisotopic (exact) mass is 451 g/mol. The summed E-state index contributed by atoms with van der Waals surface area (Å²) in [6, 6.07) is 7.59. The van der Waals surface area contributed by atoms with Gasteiger partial charge in [0, 0.05) is 37.9 Å². The number of nitrogens with one attached hydrogen (secondary N) is 1. The number of hydrogen-bond acceptors (Lipinski definition) is 10. The van der Waals surface area contributed by atoms with Crippen LogP contribution in [0.5, 0.6) is 17.5 Å². The van der Waals surface area contributed by atoms with Crippen molar-refractivity contribution >= 4 is 22.5 Å². The van der Waals surface area contributed by atoms with E-state index in [9.17, 15) is 0 Å². The van der Waals surface area contributed by atoms with Crippen LogP contribution >= 0.6 is 0 Å². The largest absolute Gasteiger partial charge is 0.458 e. The molecule has 33 heavy (non-hydrogen) atoms. The fourth-order valence-corrected chi connectivity index (χ4v) is 3.03. The standard InChI is InChI=1S/C22H25N7O4/c1-4-30-20(31-5-2)13-32-22-23-11-16(12-24-22)33-15-6-7-18-17(10-15)21(26-14-25-18)27-19-8-9-29(3)28-19/h6-12,14,20H,4-5,13H2,1-3H3,(H,25,26,27,28). The van der Waals surface area contributed by atoms with E-state index < -0.39 is 6.29 Å². The molecule has 0 spiro atoms. The van der Waals surface area contributed by atoms with Gasteiger partial charge in [-0.3, -0.25) is 4.68 Å². The third-order valence-corrected chi connectivity index (χ3v) is 4.46. The lowest BCUT2D eigenvalue weighted by atomic mass is 10.2. The van der Waals surface area contributed by atoms with E-state index in [1.54, 1.807) is 4.68 Å². The molecule has 4 aromatic rings. The van der Waals surface area contributed by atoms with Crippen LogP contribution in [0.2, 0.25) is 0 Å². The zero-order valence-electron chi connectivity index (χ0n) is 18.6. The number of anilines is 2. The first-order valence-corrected chi connectivity index (χ1v) is 10.5. The normalized spacial score (nSPS) is 11.2. The zero-order valence-corrected chi connectivity index (χ0v) is 18.6. The molecule has 0 saturated carbocycles. The quantitative estimate of drug-likeness (QED) is 0.340. The number of benzene rings is 1. The van der Waals surface area contributed by atoms with E-state index in [4.69, 9.17) is 18.9 Å². The molecule has 0 aliphatic heterocycles. The molecule has 0 saturated heterocycles. The van der Waals surface area contributed by atoms with Crippen LogP contribution in [-0.2, 0) is 16.5 Å². The van der Waals surface area contributed by atoms with Gasteiger partial charge >= 0.3 is 6.01 Å². The average molecular weight is 451 g/mol. The summed E-state index contributed by atoms with van der Waals surface area (Å²) in [5.74, 6) is 2.36. The third kappa shape index (κ3) is 5.90. The number of nitrogens with zero attached hydrogens (tertiary/aromatic N) is 6. The minimum atomic E-state index is -0.465. The van der Waals surface area contributed by atoms with E-state index in [0.717, 1.165) is 10.9 Å². The van der Waals surface area contributed by atoms with Crippen molar-refractivity contribution in [2.24, 2.45) is 7.05 Å². The van der Waals surface area contributed by atoms with Crippen molar-refractivity contribution in [3.8, 4) is 17.5 Å². The fourth-order valence-electron chi connectivity index (χ4n) is 3.03. The van der Waals surface area contributed by atoms with Gasteiger partial charge in [-0.25, -0.2) is 9.97 Å². The SMILES string of the molecule is CCOC(COc1ncc(Oc2ccc3ncnc(Nc4ccn(C)n4)c3c2)cn1)OCC. The Labute approximate surface area is 190 Å². The van der Waals surface area contributed by atoms with E-state index >= 15 is 0 Å². The second-order valence-corrected chi connectivity index (χ2v) is 6.86. The third-order valence-electron chi connectivity index (χ3n) is 4.46. The van der Waals surface area contributed by atoms with Gasteiger partial charge < -0.3 is 24.3 Å². The van der Waals surface area contributed by atoms with Crippen LogP contribution in [0, 0.1) is 0 Å². The summed E-state index contributed by atoms with van der Waals surface area (Å²) in [5.41, 5.74) is 0.772. The van der Waals surface area contributed by atoms with Crippen molar-refractivity contribution in [2.45, 2.75) is 20.1 Å². The van der Waals surface area contributed by atoms with Crippen LogP contribution in [0.4, 0.5) is 11.6 Å². The fraction of sp³-hybridized carbons (Fsp3) is 0.318. The maximum atomic E-state index is 5.92. The maximum absolute atomic E-state index is 5.92. The smallest absolute Gasteiger partial charge is 0.316 e. The van der Waals surface area contributed by atoms with Gasteiger partial charge in [0.2, 0.25) is 0 Å². The highest BCUT2D eigenvalue weighted by Gasteiger charge is 2.11. The van der Waals surface area contributed by atoms with Crippen molar-refractivity contribution in [3.05, 3.63) is 49.2 Å². The lowest BCUT2D eigenvalue weighted by molar-refractivity contribution is -0.153. The average Bonchev–Trinajstić information content (AvgIpc) is 3.23. The minimum absolute atomic E-state index is 0.193. The van der Waals surface area contributed by atoms with Crippen LogP contribution in [0.15, 0.2) is 49.2 Å². The number of hydrogen-bond donors (Lipinski definition) is 1. The van der Waals surface area contributed by atoms with E-state index in [1.165, 1.54) is 18.7 Å². The summed E-state index contributed by atoms with van der Waals surface area (Å²) in [7, 11) is 1.85. The molecule has 0 radical (unpaired) electrons. The van der Waals surface area contributed by atoms with E-state index in [-0.39, 0.29) is 12.6 Å². The molecule has 0 atom stereocenters. The Hall–Kier alpha value is -3.83. The Balaban J connectivity index is 1.44. The minimum Gasteiger partial charge on any atom is -0.458 e. The van der Waals surface area contributed by atoms with Crippen molar-refractivity contribution < 1.29 is 18.9 Å². The molecule has 0 fully saturated rings. The summed E-state index contributed by atoms with van der Waals surface area (Å²) in [6.07, 6.45) is 5.96. The molecule has 0 unspecified atom stereocenters. The molecule has 3 heterocycles. The van der Waals surface area contributed by atoms with Gasteiger partial charge in [0.25, 0.3) is 0 Å². The lowest BCUT2D eigenvalue weighted by Crippen LogP contribution is -2.25. The molecule has 11 nitrogen and oxygen atoms in total. The Morgan fingerprint density at radius 2 is 1.76 bits per heavy atom. The molecule has 0 aliphatic rings. The number of ether oxygens (including phenoxy) is 4. The van der Waals surface area contributed by atoms with Gasteiger partial charge in [-0.05, 0) is 32.0 Å². The highest BCUT2D eigenvalue weighted by atomic mass is 16.7. The summed E-state index contributed by atoms with van der Waals surface area (Å²) >= 11 is 0. The molecule has 3 aromatic heterocycles. The van der Waals surface area contributed by atoms with Gasteiger partial charge in [-0.15, -0.1) is 0 Å². The van der Waals surface area contributed by atoms with Crippen LogP contribution in [0.3, 0.4) is 0 Å². The number of fused-ring (bicyclic) bond motifs is 1. The number of aryl methyl sites for hydroxylation is 1. The second kappa shape index (κ2) is 10.7. The predicted molar refractivity (Wildman–Crippen MR) is 121 cm³/mol. The van der Waals surface area contributed by atoms with Gasteiger partial charge in [-0.1, -0.05) is 0 Å². The molecule has 0 bridgehead atoms. The van der Waals surface area contributed by atoms with Gasteiger partial charge in [0.05, 0.1) is 17.9 Å². The van der Waals surface area contributed by atoms with Crippen molar-refractivity contribution in [1.29, 1.82) is 0 Å². The first-order valence-electron chi connectivity index (χ1n) is 10.5. The van der Waals surface area contributed by atoms with Gasteiger partial charge in [0.15, 0.2) is 17.9 Å². The van der Waals surface area contributed by atoms with Crippen LogP contribution in [0.25, 0.3) is 10.9 Å². The van der Waals surface area contributed by atoms with Crippen LogP contribution in [0.1, 0.15) is 13.8 Å². The Kier molecular flexibility index (Phi) is 7.22.